The maximum absolute atomic E-state index is 9.36. The number of phenolic OH excluding ortho intramolecular Hbond substituents is 2. The van der Waals surface area contributed by atoms with Gasteiger partial charge in [0.25, 0.3) is 0 Å². The van der Waals surface area contributed by atoms with Gasteiger partial charge in [-0.25, -0.2) is 4.31 Å². The smallest absolute Gasteiger partial charge is 0.157 e. The maximum Gasteiger partial charge on any atom is 0.157 e. The molecule has 1 aliphatic heterocycles. The summed E-state index contributed by atoms with van der Waals surface area (Å²) in [5.74, 6) is -0.0342. The van der Waals surface area contributed by atoms with Gasteiger partial charge in [0.1, 0.15) is 0 Å². The highest BCUT2D eigenvalue weighted by molar-refractivity contribution is 7.96. The molecule has 0 aromatic heterocycles. The standard InChI is InChI=1S/C10H13NO2S/c1-14-11-3-2-7-4-9(12)10(13)5-8(7)6-11/h4-5,12-13H,2-3,6H2,1H3. The predicted molar refractivity (Wildman–Crippen MR) is 57.4 cm³/mol. The van der Waals surface area contributed by atoms with E-state index in [0.717, 1.165) is 30.6 Å². The van der Waals surface area contributed by atoms with Crippen LogP contribution in [0.25, 0.3) is 0 Å². The van der Waals surface area contributed by atoms with Crippen molar-refractivity contribution in [3.63, 3.8) is 0 Å². The average Bonchev–Trinajstić information content (AvgIpc) is 2.19. The normalized spacial score (nSPS) is 16.6. The fourth-order valence-corrected chi connectivity index (χ4v) is 2.26. The molecule has 0 spiro atoms. The molecule has 0 saturated heterocycles. The molecule has 76 valence electrons. The molecule has 1 aromatic carbocycles. The molecule has 0 fully saturated rings. The van der Waals surface area contributed by atoms with Crippen LogP contribution in [0.15, 0.2) is 12.1 Å². The molecular formula is C10H13NO2S. The lowest BCUT2D eigenvalue weighted by Gasteiger charge is -2.26. The monoisotopic (exact) mass is 211 g/mol. The van der Waals surface area contributed by atoms with Gasteiger partial charge in [-0.1, -0.05) is 11.9 Å². The van der Waals surface area contributed by atoms with E-state index < -0.39 is 0 Å². The molecule has 0 atom stereocenters. The molecule has 0 unspecified atom stereocenters. The number of rotatable bonds is 1. The molecule has 4 heteroatoms. The van der Waals surface area contributed by atoms with E-state index in [4.69, 9.17) is 0 Å². The Morgan fingerprint density at radius 3 is 2.50 bits per heavy atom. The fourth-order valence-electron chi connectivity index (χ4n) is 1.71. The van der Waals surface area contributed by atoms with Gasteiger partial charge >= 0.3 is 0 Å². The minimum Gasteiger partial charge on any atom is -0.504 e. The third kappa shape index (κ3) is 1.67. The van der Waals surface area contributed by atoms with E-state index in [1.807, 2.05) is 6.26 Å². The van der Waals surface area contributed by atoms with Gasteiger partial charge in [0.15, 0.2) is 11.5 Å². The minimum absolute atomic E-state index is 0.0126. The van der Waals surface area contributed by atoms with Crippen LogP contribution in [0.1, 0.15) is 11.1 Å². The molecule has 3 nitrogen and oxygen atoms in total. The SMILES string of the molecule is CSN1CCc2cc(O)c(O)cc2C1. The highest BCUT2D eigenvalue weighted by atomic mass is 32.2. The van der Waals surface area contributed by atoms with Crippen molar-refractivity contribution in [2.24, 2.45) is 0 Å². The van der Waals surface area contributed by atoms with Gasteiger partial charge in [-0.15, -0.1) is 0 Å². The first-order chi connectivity index (χ1) is 6.70. The molecule has 2 rings (SSSR count). The van der Waals surface area contributed by atoms with Crippen LogP contribution >= 0.6 is 11.9 Å². The van der Waals surface area contributed by atoms with Gasteiger partial charge in [-0.3, -0.25) is 0 Å². The second-order valence-electron chi connectivity index (χ2n) is 3.41. The molecule has 0 bridgehead atoms. The van der Waals surface area contributed by atoms with Gasteiger partial charge in [0, 0.05) is 13.1 Å². The summed E-state index contributed by atoms with van der Waals surface area (Å²) in [5.41, 5.74) is 2.26. The third-order valence-corrected chi connectivity index (χ3v) is 3.36. The summed E-state index contributed by atoms with van der Waals surface area (Å²) in [6.45, 7) is 1.84. The second kappa shape index (κ2) is 3.71. The first-order valence-electron chi connectivity index (χ1n) is 4.53. The van der Waals surface area contributed by atoms with Crippen molar-refractivity contribution >= 4 is 11.9 Å². The Kier molecular flexibility index (Phi) is 2.56. The van der Waals surface area contributed by atoms with Crippen molar-refractivity contribution in [1.82, 2.24) is 4.31 Å². The summed E-state index contributed by atoms with van der Waals surface area (Å²) < 4.78 is 2.23. The highest BCUT2D eigenvalue weighted by Crippen LogP contribution is 2.32. The number of hydrogen-bond acceptors (Lipinski definition) is 4. The lowest BCUT2D eigenvalue weighted by molar-refractivity contribution is 0.395. The third-order valence-electron chi connectivity index (χ3n) is 2.53. The van der Waals surface area contributed by atoms with Crippen molar-refractivity contribution in [3.05, 3.63) is 23.3 Å². The summed E-state index contributed by atoms with van der Waals surface area (Å²) in [6, 6.07) is 3.33. The van der Waals surface area contributed by atoms with Crippen molar-refractivity contribution in [2.45, 2.75) is 13.0 Å². The number of phenols is 2. The summed E-state index contributed by atoms with van der Waals surface area (Å²) in [7, 11) is 0. The Labute approximate surface area is 87.5 Å². The molecule has 1 aromatic rings. The predicted octanol–water partition coefficient (Wildman–Crippen LogP) is 1.73. The van der Waals surface area contributed by atoms with E-state index in [0.29, 0.717) is 0 Å². The quantitative estimate of drug-likeness (QED) is 0.548. The van der Waals surface area contributed by atoms with E-state index in [2.05, 4.69) is 4.31 Å². The largest absolute Gasteiger partial charge is 0.504 e. The zero-order valence-corrected chi connectivity index (χ0v) is 8.84. The van der Waals surface area contributed by atoms with Crippen LogP contribution in [0.3, 0.4) is 0 Å². The fraction of sp³-hybridized carbons (Fsp3) is 0.400. The van der Waals surface area contributed by atoms with Crippen LogP contribution in [-0.4, -0.2) is 27.3 Å². The Hall–Kier alpha value is -0.870. The summed E-state index contributed by atoms with van der Waals surface area (Å²) in [6.07, 6.45) is 2.98. The Bertz CT molecular complexity index is 354. The lowest BCUT2D eigenvalue weighted by atomic mass is 10.0. The molecule has 14 heavy (non-hydrogen) atoms. The van der Waals surface area contributed by atoms with Crippen LogP contribution in [0.5, 0.6) is 11.5 Å². The van der Waals surface area contributed by atoms with Gasteiger partial charge in [0.2, 0.25) is 0 Å². The van der Waals surface area contributed by atoms with Crippen LogP contribution in [0, 0.1) is 0 Å². The summed E-state index contributed by atoms with van der Waals surface area (Å²) in [4.78, 5) is 0. The minimum atomic E-state index is -0.0216. The van der Waals surface area contributed by atoms with E-state index in [1.165, 1.54) is 0 Å². The molecule has 0 amide bonds. The summed E-state index contributed by atoms with van der Waals surface area (Å²) >= 11 is 1.71. The zero-order valence-electron chi connectivity index (χ0n) is 8.03. The van der Waals surface area contributed by atoms with Gasteiger partial charge < -0.3 is 10.2 Å². The molecule has 0 aliphatic carbocycles. The van der Waals surface area contributed by atoms with E-state index >= 15 is 0 Å². The molecule has 1 heterocycles. The maximum atomic E-state index is 9.36. The number of nitrogens with zero attached hydrogens (tertiary/aromatic N) is 1. The Balaban J connectivity index is 2.33. The van der Waals surface area contributed by atoms with Crippen LogP contribution in [0.4, 0.5) is 0 Å². The first-order valence-corrected chi connectivity index (χ1v) is 5.71. The van der Waals surface area contributed by atoms with Gasteiger partial charge in [0.05, 0.1) is 0 Å². The van der Waals surface area contributed by atoms with E-state index in [1.54, 1.807) is 24.1 Å². The van der Waals surface area contributed by atoms with Crippen LogP contribution in [0.2, 0.25) is 0 Å². The van der Waals surface area contributed by atoms with E-state index in [-0.39, 0.29) is 11.5 Å². The average molecular weight is 211 g/mol. The van der Waals surface area contributed by atoms with Crippen LogP contribution in [-0.2, 0) is 13.0 Å². The van der Waals surface area contributed by atoms with Crippen molar-refractivity contribution < 1.29 is 10.2 Å². The first kappa shape index (κ1) is 9.68. The zero-order chi connectivity index (χ0) is 10.1. The van der Waals surface area contributed by atoms with Crippen LogP contribution < -0.4 is 0 Å². The molecule has 0 saturated carbocycles. The number of benzene rings is 1. The Morgan fingerprint density at radius 1 is 1.21 bits per heavy atom. The van der Waals surface area contributed by atoms with Crippen molar-refractivity contribution in [3.8, 4) is 11.5 Å². The van der Waals surface area contributed by atoms with Crippen molar-refractivity contribution in [1.29, 1.82) is 0 Å². The molecule has 1 aliphatic rings. The summed E-state index contributed by atoms with van der Waals surface area (Å²) in [5, 5.41) is 18.7. The molecule has 2 N–H and O–H groups in total. The van der Waals surface area contributed by atoms with Gasteiger partial charge in [-0.05, 0) is 35.9 Å². The Morgan fingerprint density at radius 2 is 1.86 bits per heavy atom. The van der Waals surface area contributed by atoms with Gasteiger partial charge in [-0.2, -0.15) is 0 Å². The van der Waals surface area contributed by atoms with E-state index in [9.17, 15) is 10.2 Å². The number of aromatic hydroxyl groups is 2. The lowest BCUT2D eigenvalue weighted by Crippen LogP contribution is -2.24. The number of hydrogen-bond donors (Lipinski definition) is 2. The highest BCUT2D eigenvalue weighted by Gasteiger charge is 2.17. The second-order valence-corrected chi connectivity index (χ2v) is 4.29. The molecule has 0 radical (unpaired) electrons. The molecular weight excluding hydrogens is 198 g/mol. The topological polar surface area (TPSA) is 43.7 Å². The van der Waals surface area contributed by atoms with Crippen molar-refractivity contribution in [2.75, 3.05) is 12.8 Å². The number of fused-ring (bicyclic) bond motifs is 1.